The van der Waals surface area contributed by atoms with Crippen LogP contribution in [0.25, 0.3) is 16.7 Å². The molecule has 126 valence electrons. The first kappa shape index (κ1) is 19.7. The Morgan fingerprint density at radius 3 is 2.58 bits per heavy atom. The number of aliphatic hydroxyl groups excluding tert-OH is 1. The van der Waals surface area contributed by atoms with Crippen LogP contribution in [0.2, 0.25) is 0 Å². The van der Waals surface area contributed by atoms with Gasteiger partial charge in [0.05, 0.1) is 5.52 Å². The molecule has 0 saturated heterocycles. The third-order valence-corrected chi connectivity index (χ3v) is 3.85. The van der Waals surface area contributed by atoms with E-state index in [4.69, 9.17) is 0 Å². The van der Waals surface area contributed by atoms with Crippen LogP contribution in [0.3, 0.4) is 0 Å². The number of aryl methyl sites for hydroxylation is 1. The summed E-state index contributed by atoms with van der Waals surface area (Å²) in [5.74, 6) is -1.07. The first-order chi connectivity index (χ1) is 12.1. The van der Waals surface area contributed by atoms with Crippen molar-refractivity contribution in [3.63, 3.8) is 0 Å². The number of nitrogens with one attached hydrogen (secondary N) is 1. The maximum absolute atomic E-state index is 12.3. The van der Waals surface area contributed by atoms with Crippen molar-refractivity contribution in [3.05, 3.63) is 71.4 Å². The maximum atomic E-state index is 12.3. The van der Waals surface area contributed by atoms with E-state index >= 15 is 0 Å². The summed E-state index contributed by atoms with van der Waals surface area (Å²) in [4.78, 5) is 12.3. The number of nitriles is 1. The number of hydrogen-bond acceptors (Lipinski definition) is 4. The average molecular weight is 356 g/mol. The molecule has 0 radical (unpaired) electrons. The van der Waals surface area contributed by atoms with Crippen LogP contribution in [-0.2, 0) is 18.4 Å². The van der Waals surface area contributed by atoms with E-state index in [0.717, 1.165) is 11.1 Å². The largest absolute Gasteiger partial charge is 1.00 e. The van der Waals surface area contributed by atoms with Crippen molar-refractivity contribution >= 4 is 22.6 Å². The van der Waals surface area contributed by atoms with Crippen LogP contribution in [0.15, 0.2) is 60.2 Å². The second-order valence-corrected chi connectivity index (χ2v) is 5.49. The Balaban J connectivity index is 0.00000182. The molecular weight excluding hydrogens is 339 g/mol. The van der Waals surface area contributed by atoms with Gasteiger partial charge >= 0.3 is 29.6 Å². The van der Waals surface area contributed by atoms with E-state index in [1.54, 1.807) is 23.9 Å². The summed E-state index contributed by atoms with van der Waals surface area (Å²) in [5.41, 5.74) is 1.55. The number of carbonyl (C=O) groups is 1. The summed E-state index contributed by atoms with van der Waals surface area (Å²) in [7, 11) is 1.74. The summed E-state index contributed by atoms with van der Waals surface area (Å²) in [6.07, 6.45) is 0. The molecule has 1 amide bonds. The van der Waals surface area contributed by atoms with Crippen molar-refractivity contribution in [1.29, 1.82) is 5.26 Å². The fourth-order valence-corrected chi connectivity index (χ4v) is 2.58. The minimum Gasteiger partial charge on any atom is -1.00 e. The molecule has 3 aromatic rings. The first-order valence-electron chi connectivity index (χ1n) is 7.69. The molecule has 0 atom stereocenters. The van der Waals surface area contributed by atoms with Crippen LogP contribution in [0.5, 0.6) is 0 Å². The predicted molar refractivity (Wildman–Crippen MR) is 95.3 cm³/mol. The van der Waals surface area contributed by atoms with Gasteiger partial charge in [-0.25, -0.2) is 0 Å². The number of para-hydroxylation sites is 1. The third kappa shape index (κ3) is 3.97. The second-order valence-electron chi connectivity index (χ2n) is 5.49. The van der Waals surface area contributed by atoms with E-state index in [1.807, 2.05) is 48.5 Å². The summed E-state index contributed by atoms with van der Waals surface area (Å²) in [5, 5.41) is 27.4. The molecule has 0 saturated carbocycles. The molecule has 3 rings (SSSR count). The standard InChI is InChI=1S/C19H16N4O2.Na.H/c1-23-16-10-6-5-9-14(16)17(22-23)18(24)15(11-20)19(25)21-12-13-7-3-2-4-8-13;;/h2-10,24H,12H2,1H3,(H,21,25);;/q;+1;-1. The first-order valence-corrected chi connectivity index (χ1v) is 7.69. The third-order valence-electron chi connectivity index (χ3n) is 3.85. The quantitative estimate of drug-likeness (QED) is 0.293. The molecule has 2 aromatic carbocycles. The fraction of sp³-hybridized carbons (Fsp3) is 0.105. The van der Waals surface area contributed by atoms with Crippen LogP contribution in [-0.4, -0.2) is 20.8 Å². The van der Waals surface area contributed by atoms with Gasteiger partial charge in [-0.1, -0.05) is 48.5 Å². The van der Waals surface area contributed by atoms with Crippen molar-refractivity contribution < 1.29 is 40.9 Å². The van der Waals surface area contributed by atoms with Crippen molar-refractivity contribution in [2.24, 2.45) is 7.05 Å². The van der Waals surface area contributed by atoms with Crippen LogP contribution < -0.4 is 34.9 Å². The zero-order chi connectivity index (χ0) is 17.8. The zero-order valence-corrected chi connectivity index (χ0v) is 16.6. The van der Waals surface area contributed by atoms with E-state index in [0.29, 0.717) is 5.39 Å². The summed E-state index contributed by atoms with van der Waals surface area (Å²) in [6, 6.07) is 18.4. The Labute approximate surface area is 174 Å². The molecule has 1 aromatic heterocycles. The molecule has 0 bridgehead atoms. The summed E-state index contributed by atoms with van der Waals surface area (Å²) >= 11 is 0. The number of rotatable bonds is 4. The van der Waals surface area contributed by atoms with E-state index in [9.17, 15) is 15.2 Å². The number of amides is 1. The van der Waals surface area contributed by atoms with Gasteiger partial charge in [0.25, 0.3) is 5.91 Å². The van der Waals surface area contributed by atoms with Gasteiger partial charge < -0.3 is 11.8 Å². The van der Waals surface area contributed by atoms with Gasteiger partial charge in [-0.2, -0.15) is 10.4 Å². The number of hydrogen-bond donors (Lipinski definition) is 2. The number of fused-ring (bicyclic) bond motifs is 1. The van der Waals surface area contributed by atoms with Crippen LogP contribution in [0, 0.1) is 11.3 Å². The minimum absolute atomic E-state index is 0. The fourth-order valence-electron chi connectivity index (χ4n) is 2.58. The van der Waals surface area contributed by atoms with Crippen LogP contribution in [0.1, 0.15) is 12.7 Å². The smallest absolute Gasteiger partial charge is 1.00 e. The number of nitrogens with zero attached hydrogens (tertiary/aromatic N) is 3. The summed E-state index contributed by atoms with van der Waals surface area (Å²) in [6.45, 7) is 0.265. The van der Waals surface area contributed by atoms with Crippen molar-refractivity contribution in [2.75, 3.05) is 0 Å². The molecule has 7 heteroatoms. The number of aromatic nitrogens is 2. The SMILES string of the molecule is Cn1nc(C(O)=C(C#N)C(=O)NCc2ccccc2)c2ccccc21.[H-].[Na+]. The Bertz CT molecular complexity index is 1010. The molecular formula is C19H17N4NaO2. The van der Waals surface area contributed by atoms with Gasteiger partial charge in [-0.3, -0.25) is 9.48 Å². The molecule has 2 N–H and O–H groups in total. The topological polar surface area (TPSA) is 90.9 Å². The van der Waals surface area contributed by atoms with Crippen molar-refractivity contribution in [1.82, 2.24) is 15.1 Å². The molecule has 26 heavy (non-hydrogen) atoms. The number of benzene rings is 2. The van der Waals surface area contributed by atoms with Gasteiger partial charge in [0.2, 0.25) is 0 Å². The summed E-state index contributed by atoms with van der Waals surface area (Å²) < 4.78 is 1.59. The van der Waals surface area contributed by atoms with Gasteiger partial charge in [-0.05, 0) is 11.6 Å². The Hall–Kier alpha value is -2.59. The van der Waals surface area contributed by atoms with Crippen LogP contribution in [0.4, 0.5) is 0 Å². The van der Waals surface area contributed by atoms with Gasteiger partial charge in [0.15, 0.2) is 11.3 Å². The van der Waals surface area contributed by atoms with E-state index in [-0.39, 0.29) is 48.8 Å². The number of aliphatic hydroxyl groups is 1. The van der Waals surface area contributed by atoms with Crippen molar-refractivity contribution in [3.8, 4) is 6.07 Å². The van der Waals surface area contributed by atoms with Crippen molar-refractivity contribution in [2.45, 2.75) is 6.54 Å². The van der Waals surface area contributed by atoms with E-state index in [1.165, 1.54) is 0 Å². The molecule has 0 aliphatic rings. The predicted octanol–water partition coefficient (Wildman–Crippen LogP) is -0.201. The molecule has 0 aliphatic heterocycles. The number of carbonyl (C=O) groups excluding carboxylic acids is 1. The van der Waals surface area contributed by atoms with E-state index in [2.05, 4.69) is 10.4 Å². The van der Waals surface area contributed by atoms with Gasteiger partial charge in [0.1, 0.15) is 11.8 Å². The molecule has 0 aliphatic carbocycles. The Morgan fingerprint density at radius 2 is 1.88 bits per heavy atom. The normalized spacial score (nSPS) is 11.2. The molecule has 1 heterocycles. The average Bonchev–Trinajstić information content (AvgIpc) is 2.98. The van der Waals surface area contributed by atoms with E-state index < -0.39 is 11.7 Å². The maximum Gasteiger partial charge on any atom is 1.00 e. The molecule has 6 nitrogen and oxygen atoms in total. The monoisotopic (exact) mass is 356 g/mol. The van der Waals surface area contributed by atoms with Crippen LogP contribution >= 0.6 is 0 Å². The van der Waals surface area contributed by atoms with Gasteiger partial charge in [0, 0.05) is 19.0 Å². The van der Waals surface area contributed by atoms with Gasteiger partial charge in [-0.15, -0.1) is 0 Å². The molecule has 0 fully saturated rings. The Kier molecular flexibility index (Phi) is 6.58. The second kappa shape index (κ2) is 8.68. The minimum atomic E-state index is -0.640. The molecule has 0 unspecified atom stereocenters. The molecule has 0 spiro atoms. The zero-order valence-electron chi connectivity index (χ0n) is 15.6. The Morgan fingerprint density at radius 1 is 1.23 bits per heavy atom.